The molecule has 2 N–H and O–H groups in total. The van der Waals surface area contributed by atoms with Crippen LogP contribution in [-0.4, -0.2) is 31.8 Å². The number of nitrogens with zero attached hydrogens (tertiary/aromatic N) is 3. The van der Waals surface area contributed by atoms with Gasteiger partial charge in [0, 0.05) is 7.05 Å². The van der Waals surface area contributed by atoms with E-state index in [0.717, 1.165) is 0 Å². The lowest BCUT2D eigenvalue weighted by molar-refractivity contribution is -0.384. The average Bonchev–Trinajstić information content (AvgIpc) is 2.65. The smallest absolute Gasteiger partial charge is 0.334 e. The fourth-order valence-electron chi connectivity index (χ4n) is 1.71. The molecule has 8 heteroatoms. The third kappa shape index (κ3) is 3.09. The molecule has 0 aliphatic rings. The quantitative estimate of drug-likeness (QED) is 0.438. The monoisotopic (exact) mass is 268 g/mol. The molecule has 0 saturated heterocycles. The van der Waals surface area contributed by atoms with Crippen LogP contribution in [0.4, 0.5) is 11.5 Å². The average molecular weight is 268 g/mol. The number of aryl methyl sites for hydroxylation is 2. The van der Waals surface area contributed by atoms with E-state index in [0.29, 0.717) is 12.1 Å². The third-order valence-electron chi connectivity index (χ3n) is 2.62. The molecule has 0 radical (unpaired) electrons. The van der Waals surface area contributed by atoms with Gasteiger partial charge in [-0.2, -0.15) is 5.10 Å². The summed E-state index contributed by atoms with van der Waals surface area (Å²) >= 11 is 0. The number of carboxylic acids is 1. The van der Waals surface area contributed by atoms with Gasteiger partial charge in [0.1, 0.15) is 11.7 Å². The van der Waals surface area contributed by atoms with Crippen LogP contribution >= 0.6 is 0 Å². The van der Waals surface area contributed by atoms with Crippen molar-refractivity contribution in [2.45, 2.75) is 25.8 Å². The van der Waals surface area contributed by atoms with E-state index in [9.17, 15) is 14.9 Å². The molecule has 1 aromatic rings. The van der Waals surface area contributed by atoms with Crippen molar-refractivity contribution in [3.63, 3.8) is 0 Å². The fourth-order valence-corrected chi connectivity index (χ4v) is 1.71. The van der Waals surface area contributed by atoms with Gasteiger partial charge in [-0.15, -0.1) is 6.58 Å². The number of aromatic nitrogens is 2. The van der Waals surface area contributed by atoms with E-state index < -0.39 is 16.9 Å². The second-order valence-electron chi connectivity index (χ2n) is 3.94. The van der Waals surface area contributed by atoms with Crippen LogP contribution in [0.2, 0.25) is 0 Å². The Hall–Kier alpha value is -2.38. The largest absolute Gasteiger partial charge is 0.480 e. The summed E-state index contributed by atoms with van der Waals surface area (Å²) in [5, 5.41) is 26.8. The number of nitrogens with one attached hydrogen (secondary N) is 1. The van der Waals surface area contributed by atoms with Gasteiger partial charge >= 0.3 is 11.7 Å². The lowest BCUT2D eigenvalue weighted by atomic mass is 10.2. The van der Waals surface area contributed by atoms with Crippen LogP contribution in [0.1, 0.15) is 19.0 Å². The maximum Gasteiger partial charge on any atom is 0.334 e. The van der Waals surface area contributed by atoms with E-state index in [1.807, 2.05) is 0 Å². The van der Waals surface area contributed by atoms with E-state index >= 15 is 0 Å². The normalized spacial score (nSPS) is 11.9. The van der Waals surface area contributed by atoms with Crippen molar-refractivity contribution < 1.29 is 14.8 Å². The lowest BCUT2D eigenvalue weighted by Gasteiger charge is -2.13. The molecule has 1 unspecified atom stereocenters. The van der Waals surface area contributed by atoms with Crippen molar-refractivity contribution in [3.05, 3.63) is 28.5 Å². The first-order valence-electron chi connectivity index (χ1n) is 5.72. The van der Waals surface area contributed by atoms with Crippen LogP contribution in [-0.2, 0) is 18.3 Å². The van der Waals surface area contributed by atoms with Gasteiger partial charge in [0.2, 0.25) is 5.82 Å². The van der Waals surface area contributed by atoms with E-state index in [1.165, 1.54) is 17.8 Å². The number of carboxylic acid groups (broad SMARTS) is 1. The Bertz CT molecular complexity index is 509. The number of aliphatic carboxylic acids is 1. The van der Waals surface area contributed by atoms with Gasteiger partial charge in [0.15, 0.2) is 0 Å². The molecule has 1 aromatic heterocycles. The number of hydrogen-bond acceptors (Lipinski definition) is 5. The summed E-state index contributed by atoms with van der Waals surface area (Å²) in [6.07, 6.45) is 1.98. The zero-order chi connectivity index (χ0) is 14.6. The zero-order valence-corrected chi connectivity index (χ0v) is 10.8. The van der Waals surface area contributed by atoms with Crippen LogP contribution in [0.3, 0.4) is 0 Å². The Morgan fingerprint density at radius 1 is 1.74 bits per heavy atom. The predicted octanol–water partition coefficient (Wildman–Crippen LogP) is 1.33. The number of carbonyl (C=O) groups is 1. The van der Waals surface area contributed by atoms with E-state index in [4.69, 9.17) is 5.11 Å². The van der Waals surface area contributed by atoms with Gasteiger partial charge in [-0.05, 0) is 12.8 Å². The lowest BCUT2D eigenvalue weighted by Crippen LogP contribution is -2.29. The molecular weight excluding hydrogens is 252 g/mol. The molecule has 0 aromatic carbocycles. The maximum atomic E-state index is 11.1. The molecule has 8 nitrogen and oxygen atoms in total. The number of anilines is 1. The van der Waals surface area contributed by atoms with Gasteiger partial charge in [-0.1, -0.05) is 13.0 Å². The Morgan fingerprint density at radius 2 is 2.37 bits per heavy atom. The van der Waals surface area contributed by atoms with Gasteiger partial charge in [-0.25, -0.2) is 9.48 Å². The number of hydrogen-bond donors (Lipinski definition) is 2. The van der Waals surface area contributed by atoms with Gasteiger partial charge in [0.25, 0.3) is 0 Å². The summed E-state index contributed by atoms with van der Waals surface area (Å²) in [6, 6.07) is -0.976. The van der Waals surface area contributed by atoms with Crippen LogP contribution in [0.25, 0.3) is 0 Å². The number of rotatable bonds is 7. The SMILES string of the molecule is C=CCC(Nc1c([N+](=O)[O-])c(CC)nn1C)C(=O)O. The van der Waals surface area contributed by atoms with E-state index in [1.54, 1.807) is 6.92 Å². The minimum atomic E-state index is -1.10. The van der Waals surface area contributed by atoms with Gasteiger partial charge < -0.3 is 10.4 Å². The Balaban J connectivity index is 3.18. The first-order chi connectivity index (χ1) is 8.92. The Morgan fingerprint density at radius 3 is 2.79 bits per heavy atom. The molecule has 0 aliphatic carbocycles. The van der Waals surface area contributed by atoms with E-state index in [2.05, 4.69) is 17.0 Å². The molecule has 0 amide bonds. The number of nitro groups is 1. The highest BCUT2D eigenvalue weighted by Gasteiger charge is 2.28. The summed E-state index contributed by atoms with van der Waals surface area (Å²) in [4.78, 5) is 21.6. The van der Waals surface area contributed by atoms with Crippen LogP contribution in [0.5, 0.6) is 0 Å². The van der Waals surface area contributed by atoms with Crippen LogP contribution in [0.15, 0.2) is 12.7 Å². The van der Waals surface area contributed by atoms with Crippen LogP contribution < -0.4 is 5.32 Å². The summed E-state index contributed by atoms with van der Waals surface area (Å²) in [5.41, 5.74) is 0.137. The standard InChI is InChI=1S/C11H16N4O4/c1-4-6-8(11(16)17)12-10-9(15(18)19)7(5-2)13-14(10)3/h4,8,12H,1,5-6H2,2-3H3,(H,16,17). The van der Waals surface area contributed by atoms with Crippen molar-refractivity contribution in [3.8, 4) is 0 Å². The molecule has 1 heterocycles. The topological polar surface area (TPSA) is 110 Å². The second kappa shape index (κ2) is 5.98. The first-order valence-corrected chi connectivity index (χ1v) is 5.72. The zero-order valence-electron chi connectivity index (χ0n) is 10.8. The highest BCUT2D eigenvalue weighted by atomic mass is 16.6. The molecule has 1 atom stereocenters. The molecule has 0 spiro atoms. The molecule has 0 saturated carbocycles. The molecule has 0 aliphatic heterocycles. The second-order valence-corrected chi connectivity index (χ2v) is 3.94. The molecule has 1 rings (SSSR count). The van der Waals surface area contributed by atoms with E-state index in [-0.39, 0.29) is 17.9 Å². The fraction of sp³-hybridized carbons (Fsp3) is 0.455. The Labute approximate surface area is 109 Å². The van der Waals surface area contributed by atoms with Crippen molar-refractivity contribution in [2.75, 3.05) is 5.32 Å². The molecule has 19 heavy (non-hydrogen) atoms. The third-order valence-corrected chi connectivity index (χ3v) is 2.62. The van der Waals surface area contributed by atoms with Crippen molar-refractivity contribution >= 4 is 17.5 Å². The highest BCUT2D eigenvalue weighted by molar-refractivity contribution is 5.78. The maximum absolute atomic E-state index is 11.1. The van der Waals surface area contributed by atoms with Gasteiger partial charge in [-0.3, -0.25) is 10.1 Å². The molecule has 104 valence electrons. The molecule has 0 bridgehead atoms. The highest BCUT2D eigenvalue weighted by Crippen LogP contribution is 2.29. The summed E-state index contributed by atoms with van der Waals surface area (Å²) < 4.78 is 1.29. The summed E-state index contributed by atoms with van der Waals surface area (Å²) in [7, 11) is 1.53. The minimum Gasteiger partial charge on any atom is -0.480 e. The molecule has 0 fully saturated rings. The first kappa shape index (κ1) is 14.7. The minimum absolute atomic E-state index is 0.0936. The Kier molecular flexibility index (Phi) is 4.62. The molecular formula is C11H16N4O4. The predicted molar refractivity (Wildman–Crippen MR) is 69.1 cm³/mol. The van der Waals surface area contributed by atoms with Gasteiger partial charge in [0.05, 0.1) is 4.92 Å². The van der Waals surface area contributed by atoms with Crippen LogP contribution in [0, 0.1) is 10.1 Å². The van der Waals surface area contributed by atoms with Crippen molar-refractivity contribution in [1.82, 2.24) is 9.78 Å². The van der Waals surface area contributed by atoms with Crippen molar-refractivity contribution in [2.24, 2.45) is 7.05 Å². The summed E-state index contributed by atoms with van der Waals surface area (Å²) in [6.45, 7) is 5.21. The summed E-state index contributed by atoms with van der Waals surface area (Å²) in [5.74, 6) is -1.01. The van der Waals surface area contributed by atoms with Crippen molar-refractivity contribution in [1.29, 1.82) is 0 Å².